The van der Waals surface area contributed by atoms with Gasteiger partial charge < -0.3 is 5.32 Å². The predicted molar refractivity (Wildman–Crippen MR) is 56.0 cm³/mol. The molecule has 1 atom stereocenters. The summed E-state index contributed by atoms with van der Waals surface area (Å²) in [6.07, 6.45) is 2.42. The Balaban J connectivity index is 2.39. The van der Waals surface area contributed by atoms with Crippen molar-refractivity contribution in [2.45, 2.75) is 25.3 Å². The zero-order valence-electron chi connectivity index (χ0n) is 7.81. The minimum absolute atomic E-state index is 0.0956. The van der Waals surface area contributed by atoms with Gasteiger partial charge in [0.2, 0.25) is 0 Å². The van der Waals surface area contributed by atoms with Crippen LogP contribution in [0.1, 0.15) is 25.3 Å². The van der Waals surface area contributed by atoms with Crippen molar-refractivity contribution in [3.05, 3.63) is 34.9 Å². The summed E-state index contributed by atoms with van der Waals surface area (Å²) in [5, 5.41) is 4.38. The van der Waals surface area contributed by atoms with Crippen LogP contribution >= 0.6 is 11.6 Å². The second kappa shape index (κ2) is 3.32. The van der Waals surface area contributed by atoms with E-state index in [4.69, 9.17) is 11.6 Å². The SMILES string of the molecule is CC1(c2ccccc2Cl)CCCN1. The van der Waals surface area contributed by atoms with Gasteiger partial charge in [-0.1, -0.05) is 29.8 Å². The Morgan fingerprint density at radius 2 is 2.15 bits per heavy atom. The molecule has 0 saturated carbocycles. The molecule has 1 aromatic rings. The summed E-state index contributed by atoms with van der Waals surface area (Å²) in [5.41, 5.74) is 1.33. The fourth-order valence-electron chi connectivity index (χ4n) is 2.03. The lowest BCUT2D eigenvalue weighted by molar-refractivity contribution is 0.435. The van der Waals surface area contributed by atoms with E-state index in [0.29, 0.717) is 0 Å². The Bertz CT molecular complexity index is 303. The minimum Gasteiger partial charge on any atom is -0.308 e. The van der Waals surface area contributed by atoms with E-state index < -0.39 is 0 Å². The molecule has 0 spiro atoms. The van der Waals surface area contributed by atoms with Crippen LogP contribution < -0.4 is 5.32 Å². The highest BCUT2D eigenvalue weighted by Crippen LogP contribution is 2.34. The molecular weight excluding hydrogens is 182 g/mol. The third kappa shape index (κ3) is 1.59. The molecule has 0 aliphatic carbocycles. The first-order valence-electron chi connectivity index (χ1n) is 4.72. The Kier molecular flexibility index (Phi) is 2.31. The molecule has 0 aromatic heterocycles. The third-order valence-electron chi connectivity index (χ3n) is 2.84. The smallest absolute Gasteiger partial charge is 0.0456 e. The van der Waals surface area contributed by atoms with Crippen molar-refractivity contribution in [2.75, 3.05) is 6.54 Å². The fourth-order valence-corrected chi connectivity index (χ4v) is 2.38. The third-order valence-corrected chi connectivity index (χ3v) is 3.17. The van der Waals surface area contributed by atoms with Crippen LogP contribution in [-0.4, -0.2) is 6.54 Å². The van der Waals surface area contributed by atoms with E-state index in [-0.39, 0.29) is 5.54 Å². The van der Waals surface area contributed by atoms with Gasteiger partial charge in [-0.15, -0.1) is 0 Å². The number of rotatable bonds is 1. The lowest BCUT2D eigenvalue weighted by Crippen LogP contribution is -2.33. The maximum atomic E-state index is 6.15. The molecule has 1 unspecified atom stereocenters. The topological polar surface area (TPSA) is 12.0 Å². The molecule has 1 aliphatic rings. The van der Waals surface area contributed by atoms with E-state index in [1.54, 1.807) is 0 Å². The lowest BCUT2D eigenvalue weighted by Gasteiger charge is -2.25. The van der Waals surface area contributed by atoms with Crippen LogP contribution in [0.4, 0.5) is 0 Å². The quantitative estimate of drug-likeness (QED) is 0.727. The Morgan fingerprint density at radius 1 is 1.38 bits per heavy atom. The maximum Gasteiger partial charge on any atom is 0.0456 e. The number of benzene rings is 1. The summed E-state index contributed by atoms with van der Waals surface area (Å²) < 4.78 is 0. The summed E-state index contributed by atoms with van der Waals surface area (Å²) in [7, 11) is 0. The van der Waals surface area contributed by atoms with Crippen molar-refractivity contribution in [2.24, 2.45) is 0 Å². The van der Waals surface area contributed by atoms with Crippen molar-refractivity contribution in [1.82, 2.24) is 5.32 Å². The van der Waals surface area contributed by atoms with E-state index in [9.17, 15) is 0 Å². The Morgan fingerprint density at radius 3 is 2.77 bits per heavy atom. The standard InChI is InChI=1S/C11H14ClN/c1-11(7-4-8-13-11)9-5-2-3-6-10(9)12/h2-3,5-6,13H,4,7-8H2,1H3. The molecule has 1 aromatic carbocycles. The summed E-state index contributed by atoms with van der Waals surface area (Å²) in [6.45, 7) is 3.32. The molecular formula is C11H14ClN. The molecule has 1 fully saturated rings. The molecule has 1 saturated heterocycles. The summed E-state index contributed by atoms with van der Waals surface area (Å²) in [4.78, 5) is 0. The highest BCUT2D eigenvalue weighted by molar-refractivity contribution is 6.31. The van der Waals surface area contributed by atoms with Crippen LogP contribution in [0.2, 0.25) is 5.02 Å². The monoisotopic (exact) mass is 195 g/mol. The number of halogens is 1. The zero-order valence-corrected chi connectivity index (χ0v) is 8.56. The number of nitrogens with one attached hydrogen (secondary N) is 1. The van der Waals surface area contributed by atoms with Crippen LogP contribution in [0, 0.1) is 0 Å². The van der Waals surface area contributed by atoms with Crippen molar-refractivity contribution in [3.8, 4) is 0 Å². The molecule has 0 bridgehead atoms. The van der Waals surface area contributed by atoms with Crippen LogP contribution in [0.3, 0.4) is 0 Å². The van der Waals surface area contributed by atoms with Gasteiger partial charge in [-0.3, -0.25) is 0 Å². The van der Waals surface area contributed by atoms with Crippen LogP contribution in [-0.2, 0) is 5.54 Å². The molecule has 0 radical (unpaired) electrons. The first-order valence-corrected chi connectivity index (χ1v) is 5.10. The van der Waals surface area contributed by atoms with Crippen LogP contribution in [0.15, 0.2) is 24.3 Å². The Labute approximate surface area is 84.1 Å². The van der Waals surface area contributed by atoms with Crippen molar-refractivity contribution >= 4 is 11.6 Å². The molecule has 1 heterocycles. The normalized spacial score (nSPS) is 27.8. The van der Waals surface area contributed by atoms with Gasteiger partial charge in [0.1, 0.15) is 0 Å². The van der Waals surface area contributed by atoms with Crippen LogP contribution in [0.25, 0.3) is 0 Å². The maximum absolute atomic E-state index is 6.15. The van der Waals surface area contributed by atoms with Crippen LogP contribution in [0.5, 0.6) is 0 Å². The van der Waals surface area contributed by atoms with E-state index in [0.717, 1.165) is 11.6 Å². The van der Waals surface area contributed by atoms with Gasteiger partial charge in [-0.2, -0.15) is 0 Å². The largest absolute Gasteiger partial charge is 0.308 e. The van der Waals surface area contributed by atoms with E-state index in [2.05, 4.69) is 18.3 Å². The number of hydrogen-bond acceptors (Lipinski definition) is 1. The first kappa shape index (κ1) is 9.04. The van der Waals surface area contributed by atoms with Gasteiger partial charge in [0, 0.05) is 10.6 Å². The average Bonchev–Trinajstić information content (AvgIpc) is 2.54. The second-order valence-corrected chi connectivity index (χ2v) is 4.25. The van der Waals surface area contributed by atoms with Crippen molar-refractivity contribution in [3.63, 3.8) is 0 Å². The molecule has 13 heavy (non-hydrogen) atoms. The van der Waals surface area contributed by atoms with E-state index in [1.165, 1.54) is 18.4 Å². The first-order chi connectivity index (χ1) is 6.22. The molecule has 1 nitrogen and oxygen atoms in total. The highest BCUT2D eigenvalue weighted by Gasteiger charge is 2.31. The number of hydrogen-bond donors (Lipinski definition) is 1. The van der Waals surface area contributed by atoms with Crippen molar-refractivity contribution < 1.29 is 0 Å². The molecule has 0 amide bonds. The minimum atomic E-state index is 0.0956. The second-order valence-electron chi connectivity index (χ2n) is 3.84. The fraction of sp³-hybridized carbons (Fsp3) is 0.455. The lowest BCUT2D eigenvalue weighted by atomic mass is 9.91. The van der Waals surface area contributed by atoms with Gasteiger partial charge in [0.05, 0.1) is 0 Å². The highest BCUT2D eigenvalue weighted by atomic mass is 35.5. The van der Waals surface area contributed by atoms with E-state index in [1.807, 2.05) is 18.2 Å². The predicted octanol–water partition coefficient (Wildman–Crippen LogP) is 2.94. The van der Waals surface area contributed by atoms with Crippen molar-refractivity contribution in [1.29, 1.82) is 0 Å². The molecule has 1 N–H and O–H groups in total. The van der Waals surface area contributed by atoms with Gasteiger partial charge in [0.25, 0.3) is 0 Å². The zero-order chi connectivity index (χ0) is 9.31. The van der Waals surface area contributed by atoms with Gasteiger partial charge in [0.15, 0.2) is 0 Å². The summed E-state index contributed by atoms with van der Waals surface area (Å²) in [6, 6.07) is 8.10. The van der Waals surface area contributed by atoms with Gasteiger partial charge in [-0.25, -0.2) is 0 Å². The Hall–Kier alpha value is -0.530. The molecule has 2 heteroatoms. The summed E-state index contributed by atoms with van der Waals surface area (Å²) in [5.74, 6) is 0. The average molecular weight is 196 g/mol. The van der Waals surface area contributed by atoms with Gasteiger partial charge in [-0.05, 0) is 37.9 Å². The molecule has 1 aliphatic heterocycles. The molecule has 70 valence electrons. The van der Waals surface area contributed by atoms with E-state index >= 15 is 0 Å². The summed E-state index contributed by atoms with van der Waals surface area (Å²) >= 11 is 6.15. The van der Waals surface area contributed by atoms with Gasteiger partial charge >= 0.3 is 0 Å². The molecule has 2 rings (SSSR count).